The number of hydrogen-bond donors (Lipinski definition) is 0. The van der Waals surface area contributed by atoms with Gasteiger partial charge < -0.3 is 4.90 Å². The van der Waals surface area contributed by atoms with E-state index < -0.39 is 0 Å². The standard InChI is InChI=1S/C15H26N2OS.C2H6/c1-5-6-14(13(2)3)15(18)16(4)7-8-17-9-11-19-12-10-17;1-2/h5-6H,7-12H2,1-4H3;1-2H3/b6-5-;. The van der Waals surface area contributed by atoms with Gasteiger partial charge >= 0.3 is 0 Å². The number of likely N-dealkylation sites (N-methyl/N-ethyl adjacent to an activating group) is 1. The van der Waals surface area contributed by atoms with Crippen molar-refractivity contribution in [1.82, 2.24) is 9.80 Å². The smallest absolute Gasteiger partial charge is 0.253 e. The van der Waals surface area contributed by atoms with Gasteiger partial charge in [-0.3, -0.25) is 9.69 Å². The van der Waals surface area contributed by atoms with Crippen LogP contribution in [0.5, 0.6) is 0 Å². The van der Waals surface area contributed by atoms with Crippen molar-refractivity contribution < 1.29 is 4.79 Å². The van der Waals surface area contributed by atoms with E-state index in [1.54, 1.807) is 0 Å². The number of carbonyl (C=O) groups is 1. The largest absolute Gasteiger partial charge is 0.340 e. The van der Waals surface area contributed by atoms with E-state index in [4.69, 9.17) is 0 Å². The van der Waals surface area contributed by atoms with Gasteiger partial charge in [-0.05, 0) is 20.8 Å². The molecule has 0 aromatic carbocycles. The summed E-state index contributed by atoms with van der Waals surface area (Å²) in [4.78, 5) is 16.6. The van der Waals surface area contributed by atoms with Crippen LogP contribution in [0.3, 0.4) is 0 Å². The molecule has 1 amide bonds. The van der Waals surface area contributed by atoms with E-state index in [9.17, 15) is 4.79 Å². The highest BCUT2D eigenvalue weighted by Crippen LogP contribution is 2.11. The molecule has 1 aliphatic heterocycles. The zero-order valence-electron chi connectivity index (χ0n) is 14.6. The highest BCUT2D eigenvalue weighted by molar-refractivity contribution is 7.99. The molecule has 122 valence electrons. The molecule has 0 spiro atoms. The lowest BCUT2D eigenvalue weighted by atomic mass is 10.1. The van der Waals surface area contributed by atoms with Crippen LogP contribution in [0, 0.1) is 0 Å². The van der Waals surface area contributed by atoms with Crippen LogP contribution in [0.2, 0.25) is 0 Å². The van der Waals surface area contributed by atoms with Gasteiger partial charge in [-0.2, -0.15) is 11.8 Å². The number of hydrogen-bond acceptors (Lipinski definition) is 3. The number of thioether (sulfide) groups is 1. The third-order valence-electron chi connectivity index (χ3n) is 3.30. The number of allylic oxidation sites excluding steroid dienone is 2. The van der Waals surface area contributed by atoms with Crippen LogP contribution in [-0.2, 0) is 4.79 Å². The minimum Gasteiger partial charge on any atom is -0.340 e. The second-order valence-corrected chi connectivity index (χ2v) is 6.32. The molecule has 0 radical (unpaired) electrons. The van der Waals surface area contributed by atoms with Crippen molar-refractivity contribution in [3.8, 4) is 0 Å². The molecule has 21 heavy (non-hydrogen) atoms. The van der Waals surface area contributed by atoms with E-state index in [-0.39, 0.29) is 5.91 Å². The maximum Gasteiger partial charge on any atom is 0.253 e. The Labute approximate surface area is 135 Å². The fraction of sp³-hybridized carbons (Fsp3) is 0.706. The molecule has 1 saturated heterocycles. The average Bonchev–Trinajstić information content (AvgIpc) is 2.52. The minimum absolute atomic E-state index is 0.129. The lowest BCUT2D eigenvalue weighted by molar-refractivity contribution is -0.125. The summed E-state index contributed by atoms with van der Waals surface area (Å²) in [6, 6.07) is 0. The monoisotopic (exact) mass is 312 g/mol. The zero-order valence-corrected chi connectivity index (χ0v) is 15.4. The highest BCUT2D eigenvalue weighted by atomic mass is 32.2. The van der Waals surface area contributed by atoms with Crippen molar-refractivity contribution in [3.63, 3.8) is 0 Å². The third kappa shape index (κ3) is 7.72. The summed E-state index contributed by atoms with van der Waals surface area (Å²) in [5.74, 6) is 2.56. The highest BCUT2D eigenvalue weighted by Gasteiger charge is 2.16. The fourth-order valence-electron chi connectivity index (χ4n) is 2.04. The Bertz CT molecular complexity index is 354. The van der Waals surface area contributed by atoms with Gasteiger partial charge in [-0.25, -0.2) is 0 Å². The molecule has 3 nitrogen and oxygen atoms in total. The maximum absolute atomic E-state index is 12.3. The summed E-state index contributed by atoms with van der Waals surface area (Å²) in [5.41, 5.74) is 1.89. The van der Waals surface area contributed by atoms with E-state index in [0.717, 1.165) is 37.3 Å². The molecule has 1 heterocycles. The summed E-state index contributed by atoms with van der Waals surface area (Å²) >= 11 is 2.02. The zero-order chi connectivity index (χ0) is 16.3. The summed E-state index contributed by atoms with van der Waals surface area (Å²) in [7, 11) is 1.90. The van der Waals surface area contributed by atoms with E-state index >= 15 is 0 Å². The van der Waals surface area contributed by atoms with Gasteiger partial charge in [0.2, 0.25) is 0 Å². The van der Waals surface area contributed by atoms with Crippen LogP contribution < -0.4 is 0 Å². The molecule has 0 atom stereocenters. The normalized spacial score (nSPS) is 15.3. The molecule has 0 saturated carbocycles. The van der Waals surface area contributed by atoms with Crippen LogP contribution in [0.4, 0.5) is 0 Å². The molecule has 0 aliphatic carbocycles. The predicted molar refractivity (Wildman–Crippen MR) is 95.9 cm³/mol. The van der Waals surface area contributed by atoms with E-state index in [1.165, 1.54) is 11.5 Å². The summed E-state index contributed by atoms with van der Waals surface area (Å²) in [6.45, 7) is 14.0. The Kier molecular flexibility index (Phi) is 11.5. The van der Waals surface area contributed by atoms with Crippen LogP contribution in [0.25, 0.3) is 0 Å². The number of carbonyl (C=O) groups excluding carboxylic acids is 1. The second kappa shape index (κ2) is 11.9. The molecule has 1 aliphatic rings. The number of rotatable bonds is 5. The van der Waals surface area contributed by atoms with Gasteiger partial charge in [-0.1, -0.05) is 31.6 Å². The molecular formula is C17H32N2OS. The molecule has 0 unspecified atom stereocenters. The van der Waals surface area contributed by atoms with Crippen molar-refractivity contribution in [2.75, 3.05) is 44.7 Å². The summed E-state index contributed by atoms with van der Waals surface area (Å²) in [6.07, 6.45) is 3.83. The Morgan fingerprint density at radius 3 is 2.29 bits per heavy atom. The molecule has 0 N–H and O–H groups in total. The summed E-state index contributed by atoms with van der Waals surface area (Å²) in [5, 5.41) is 0. The van der Waals surface area contributed by atoms with Crippen LogP contribution in [0.1, 0.15) is 34.6 Å². The Morgan fingerprint density at radius 1 is 1.24 bits per heavy atom. The fourth-order valence-corrected chi connectivity index (χ4v) is 3.02. The van der Waals surface area contributed by atoms with Crippen molar-refractivity contribution >= 4 is 17.7 Å². The van der Waals surface area contributed by atoms with E-state index in [2.05, 4.69) is 4.90 Å². The summed E-state index contributed by atoms with van der Waals surface area (Å²) < 4.78 is 0. The molecule has 1 rings (SSSR count). The Balaban J connectivity index is 0.00000191. The first-order chi connectivity index (χ1) is 10.1. The first kappa shape index (κ1) is 20.3. The van der Waals surface area contributed by atoms with Crippen LogP contribution >= 0.6 is 11.8 Å². The van der Waals surface area contributed by atoms with E-state index in [1.807, 2.05) is 70.5 Å². The van der Waals surface area contributed by atoms with Crippen LogP contribution in [-0.4, -0.2) is 60.4 Å². The second-order valence-electron chi connectivity index (χ2n) is 5.09. The molecule has 0 bridgehead atoms. The predicted octanol–water partition coefficient (Wildman–Crippen LogP) is 3.43. The van der Waals surface area contributed by atoms with Gasteiger partial charge in [0.05, 0.1) is 0 Å². The quantitative estimate of drug-likeness (QED) is 0.574. The molecule has 1 fully saturated rings. The maximum atomic E-state index is 12.3. The van der Waals surface area contributed by atoms with Crippen molar-refractivity contribution in [1.29, 1.82) is 0 Å². The van der Waals surface area contributed by atoms with Gasteiger partial charge in [-0.15, -0.1) is 0 Å². The van der Waals surface area contributed by atoms with Crippen molar-refractivity contribution in [3.05, 3.63) is 23.3 Å². The Morgan fingerprint density at radius 2 is 1.81 bits per heavy atom. The molecule has 0 aromatic heterocycles. The molecule has 0 aromatic rings. The van der Waals surface area contributed by atoms with Crippen molar-refractivity contribution in [2.45, 2.75) is 34.6 Å². The van der Waals surface area contributed by atoms with Gasteiger partial charge in [0.25, 0.3) is 5.91 Å². The first-order valence-electron chi connectivity index (χ1n) is 7.92. The van der Waals surface area contributed by atoms with Crippen molar-refractivity contribution in [2.24, 2.45) is 0 Å². The van der Waals surface area contributed by atoms with E-state index in [0.29, 0.717) is 0 Å². The Hall–Kier alpha value is -0.740. The van der Waals surface area contributed by atoms with Gasteiger partial charge in [0, 0.05) is 50.3 Å². The van der Waals surface area contributed by atoms with Gasteiger partial charge in [0.1, 0.15) is 0 Å². The van der Waals surface area contributed by atoms with Gasteiger partial charge in [0.15, 0.2) is 0 Å². The lowest BCUT2D eigenvalue weighted by Crippen LogP contribution is -2.40. The third-order valence-corrected chi connectivity index (χ3v) is 4.25. The molecular weight excluding hydrogens is 280 g/mol. The first-order valence-corrected chi connectivity index (χ1v) is 9.07. The SMILES string of the molecule is C/C=C\C(C(=O)N(C)CCN1CCSCC1)=C(C)C.CC. The number of amides is 1. The molecule has 4 heteroatoms. The van der Waals surface area contributed by atoms with Crippen LogP contribution in [0.15, 0.2) is 23.3 Å². The lowest BCUT2D eigenvalue weighted by Gasteiger charge is -2.28. The average molecular weight is 313 g/mol. The topological polar surface area (TPSA) is 23.6 Å². The number of nitrogens with zero attached hydrogens (tertiary/aromatic N) is 2. The minimum atomic E-state index is 0.129.